The molecule has 0 saturated carbocycles. The standard InChI is InChI=1S/C27H31FN4O3/c1-19(25-18-29-32(20(25)2)23-10-8-22(28)9-11-23)30-27(34)21-12-15-31(16-13-21)26(33)14-17-35-24-6-4-3-5-7-24/h3-11,18-19,21H,12-17H2,1-2H3,(H,30,34). The van der Waals surface area contributed by atoms with Gasteiger partial charge in [-0.05, 0) is 63.1 Å². The Balaban J connectivity index is 1.24. The molecule has 2 aromatic carbocycles. The third-order valence-corrected chi connectivity index (χ3v) is 6.49. The van der Waals surface area contributed by atoms with E-state index >= 15 is 0 Å². The summed E-state index contributed by atoms with van der Waals surface area (Å²) in [6.45, 7) is 5.34. The number of benzene rings is 2. The molecule has 4 rings (SSSR count). The lowest BCUT2D eigenvalue weighted by Crippen LogP contribution is -2.43. The lowest BCUT2D eigenvalue weighted by Gasteiger charge is -2.32. The van der Waals surface area contributed by atoms with Gasteiger partial charge in [-0.2, -0.15) is 5.10 Å². The van der Waals surface area contributed by atoms with Crippen LogP contribution in [-0.4, -0.2) is 46.2 Å². The lowest BCUT2D eigenvalue weighted by atomic mass is 9.95. The van der Waals surface area contributed by atoms with Crippen LogP contribution in [0.1, 0.15) is 43.5 Å². The minimum atomic E-state index is -0.298. The molecule has 184 valence electrons. The maximum atomic E-state index is 13.2. The normalized spacial score (nSPS) is 15.0. The van der Waals surface area contributed by atoms with Crippen LogP contribution in [0.25, 0.3) is 5.69 Å². The van der Waals surface area contributed by atoms with Crippen LogP contribution in [0.15, 0.2) is 60.8 Å². The van der Waals surface area contributed by atoms with E-state index in [0.717, 1.165) is 22.7 Å². The minimum absolute atomic E-state index is 0.00839. The van der Waals surface area contributed by atoms with Crippen LogP contribution >= 0.6 is 0 Å². The van der Waals surface area contributed by atoms with Gasteiger partial charge in [0.05, 0.1) is 31.0 Å². The molecule has 2 amide bonds. The molecule has 35 heavy (non-hydrogen) atoms. The molecule has 0 spiro atoms. The van der Waals surface area contributed by atoms with Crippen molar-refractivity contribution in [1.82, 2.24) is 20.0 Å². The van der Waals surface area contributed by atoms with Gasteiger partial charge in [-0.15, -0.1) is 0 Å². The maximum absolute atomic E-state index is 13.2. The molecular formula is C27H31FN4O3. The summed E-state index contributed by atoms with van der Waals surface area (Å²) in [5.74, 6) is 0.369. The molecule has 0 aliphatic carbocycles. The van der Waals surface area contributed by atoms with Gasteiger partial charge in [0.15, 0.2) is 0 Å². The van der Waals surface area contributed by atoms with E-state index in [9.17, 15) is 14.0 Å². The Labute approximate surface area is 204 Å². The molecule has 1 unspecified atom stereocenters. The number of hydrogen-bond donors (Lipinski definition) is 1. The number of amides is 2. The topological polar surface area (TPSA) is 76.5 Å². The second-order valence-electron chi connectivity index (χ2n) is 8.87. The van der Waals surface area contributed by atoms with Crippen LogP contribution in [0.4, 0.5) is 4.39 Å². The molecule has 2 heterocycles. The first-order valence-electron chi connectivity index (χ1n) is 12.0. The quantitative estimate of drug-likeness (QED) is 0.526. The second-order valence-corrected chi connectivity index (χ2v) is 8.87. The summed E-state index contributed by atoms with van der Waals surface area (Å²) in [5, 5.41) is 7.52. The number of carbonyl (C=O) groups excluding carboxylic acids is 2. The van der Waals surface area contributed by atoms with Gasteiger partial charge in [-0.3, -0.25) is 9.59 Å². The highest BCUT2D eigenvalue weighted by Gasteiger charge is 2.28. The fraction of sp³-hybridized carbons (Fsp3) is 0.370. The summed E-state index contributed by atoms with van der Waals surface area (Å²) in [6.07, 6.45) is 3.33. The van der Waals surface area contributed by atoms with E-state index in [1.807, 2.05) is 49.1 Å². The molecule has 1 aromatic heterocycles. The number of piperidine rings is 1. The number of halogens is 1. The Morgan fingerprint density at radius 2 is 1.80 bits per heavy atom. The first-order valence-corrected chi connectivity index (χ1v) is 12.0. The van der Waals surface area contributed by atoms with E-state index in [4.69, 9.17) is 4.74 Å². The number of likely N-dealkylation sites (tertiary alicyclic amines) is 1. The van der Waals surface area contributed by atoms with Crippen LogP contribution < -0.4 is 10.1 Å². The molecule has 1 fully saturated rings. The molecular weight excluding hydrogens is 447 g/mol. The molecule has 1 aliphatic heterocycles. The van der Waals surface area contributed by atoms with Crippen molar-refractivity contribution in [2.45, 2.75) is 39.2 Å². The van der Waals surface area contributed by atoms with E-state index in [1.165, 1.54) is 12.1 Å². The fourth-order valence-corrected chi connectivity index (χ4v) is 4.42. The van der Waals surface area contributed by atoms with Crippen molar-refractivity contribution in [3.05, 3.63) is 77.9 Å². The Kier molecular flexibility index (Phi) is 7.80. The van der Waals surface area contributed by atoms with Crippen LogP contribution in [0.2, 0.25) is 0 Å². The summed E-state index contributed by atoms with van der Waals surface area (Å²) in [7, 11) is 0. The predicted molar refractivity (Wildman–Crippen MR) is 131 cm³/mol. The zero-order chi connectivity index (χ0) is 24.8. The van der Waals surface area contributed by atoms with Gasteiger partial charge in [-0.25, -0.2) is 9.07 Å². The van der Waals surface area contributed by atoms with Crippen molar-refractivity contribution in [2.24, 2.45) is 5.92 Å². The number of ether oxygens (including phenoxy) is 1. The monoisotopic (exact) mass is 478 g/mol. The summed E-state index contributed by atoms with van der Waals surface area (Å²) in [5.41, 5.74) is 2.57. The Bertz CT molecular complexity index is 1140. The molecule has 1 atom stereocenters. The Morgan fingerprint density at radius 1 is 1.11 bits per heavy atom. The molecule has 7 nitrogen and oxygen atoms in total. The van der Waals surface area contributed by atoms with Gasteiger partial charge in [0.25, 0.3) is 0 Å². The van der Waals surface area contributed by atoms with Crippen molar-refractivity contribution in [3.8, 4) is 11.4 Å². The first-order chi connectivity index (χ1) is 16.9. The summed E-state index contributed by atoms with van der Waals surface area (Å²) >= 11 is 0. The van der Waals surface area contributed by atoms with Gasteiger partial charge in [0, 0.05) is 30.3 Å². The zero-order valence-electron chi connectivity index (χ0n) is 20.1. The van der Waals surface area contributed by atoms with Crippen LogP contribution in [0.5, 0.6) is 5.75 Å². The number of para-hydroxylation sites is 1. The van der Waals surface area contributed by atoms with Gasteiger partial charge in [0.1, 0.15) is 11.6 Å². The number of nitrogens with one attached hydrogen (secondary N) is 1. The number of carbonyl (C=O) groups is 2. The Morgan fingerprint density at radius 3 is 2.49 bits per heavy atom. The molecule has 0 radical (unpaired) electrons. The highest BCUT2D eigenvalue weighted by atomic mass is 19.1. The van der Waals surface area contributed by atoms with Crippen molar-refractivity contribution in [2.75, 3.05) is 19.7 Å². The van der Waals surface area contributed by atoms with Gasteiger partial charge >= 0.3 is 0 Å². The fourth-order valence-electron chi connectivity index (χ4n) is 4.42. The third kappa shape index (κ3) is 6.07. The molecule has 1 aliphatic rings. The minimum Gasteiger partial charge on any atom is -0.493 e. The number of aromatic nitrogens is 2. The van der Waals surface area contributed by atoms with Crippen molar-refractivity contribution in [3.63, 3.8) is 0 Å². The number of rotatable bonds is 8. The zero-order valence-corrected chi connectivity index (χ0v) is 20.1. The average Bonchev–Trinajstić information content (AvgIpc) is 3.26. The van der Waals surface area contributed by atoms with Gasteiger partial charge in [-0.1, -0.05) is 18.2 Å². The van der Waals surface area contributed by atoms with E-state index in [0.29, 0.717) is 39.0 Å². The maximum Gasteiger partial charge on any atom is 0.225 e. The summed E-state index contributed by atoms with van der Waals surface area (Å²) in [4.78, 5) is 27.2. The largest absolute Gasteiger partial charge is 0.493 e. The van der Waals surface area contributed by atoms with Crippen molar-refractivity contribution < 1.29 is 18.7 Å². The van der Waals surface area contributed by atoms with Crippen molar-refractivity contribution in [1.29, 1.82) is 0 Å². The van der Waals surface area contributed by atoms with Crippen LogP contribution in [-0.2, 0) is 9.59 Å². The molecule has 0 bridgehead atoms. The van der Waals surface area contributed by atoms with Gasteiger partial charge in [0.2, 0.25) is 11.8 Å². The van der Waals surface area contributed by atoms with Crippen LogP contribution in [0, 0.1) is 18.7 Å². The second kappa shape index (κ2) is 11.2. The molecule has 1 N–H and O–H groups in total. The molecule has 3 aromatic rings. The van der Waals surface area contributed by atoms with E-state index < -0.39 is 0 Å². The third-order valence-electron chi connectivity index (χ3n) is 6.49. The number of nitrogens with zero attached hydrogens (tertiary/aromatic N) is 3. The highest BCUT2D eigenvalue weighted by molar-refractivity contribution is 5.80. The summed E-state index contributed by atoms with van der Waals surface area (Å²) < 4.78 is 20.6. The predicted octanol–water partition coefficient (Wildman–Crippen LogP) is 4.20. The Hall–Kier alpha value is -3.68. The van der Waals surface area contributed by atoms with Crippen molar-refractivity contribution >= 4 is 11.8 Å². The number of hydrogen-bond acceptors (Lipinski definition) is 4. The summed E-state index contributed by atoms with van der Waals surface area (Å²) in [6, 6.07) is 15.4. The highest BCUT2D eigenvalue weighted by Crippen LogP contribution is 2.23. The smallest absolute Gasteiger partial charge is 0.225 e. The average molecular weight is 479 g/mol. The molecule has 8 heteroatoms. The molecule has 1 saturated heterocycles. The van der Waals surface area contributed by atoms with E-state index in [-0.39, 0.29) is 29.6 Å². The lowest BCUT2D eigenvalue weighted by molar-refractivity contribution is -0.136. The first kappa shape index (κ1) is 24.4. The van der Waals surface area contributed by atoms with Gasteiger partial charge < -0.3 is 15.0 Å². The van der Waals surface area contributed by atoms with Crippen LogP contribution in [0.3, 0.4) is 0 Å². The van der Waals surface area contributed by atoms with E-state index in [2.05, 4.69) is 10.4 Å². The van der Waals surface area contributed by atoms with E-state index in [1.54, 1.807) is 23.0 Å². The SMILES string of the molecule is Cc1c(C(C)NC(=O)C2CCN(C(=O)CCOc3ccccc3)CC2)cnn1-c1ccc(F)cc1.